The van der Waals surface area contributed by atoms with Crippen molar-refractivity contribution >= 4 is 17.9 Å². The van der Waals surface area contributed by atoms with Gasteiger partial charge in [0.2, 0.25) is 5.91 Å². The van der Waals surface area contributed by atoms with Gasteiger partial charge in [0.05, 0.1) is 23.6 Å². The minimum absolute atomic E-state index is 0.0971. The first-order valence-corrected chi connectivity index (χ1v) is 11.3. The molecule has 0 saturated carbocycles. The Morgan fingerprint density at radius 2 is 2.00 bits per heavy atom. The monoisotopic (exact) mass is 453 g/mol. The molecule has 2 aliphatic heterocycles. The van der Waals surface area contributed by atoms with E-state index >= 15 is 0 Å². The number of benzene rings is 1. The van der Waals surface area contributed by atoms with Crippen LogP contribution in [-0.4, -0.2) is 45.6 Å². The third-order valence-corrected chi connectivity index (χ3v) is 6.61. The Morgan fingerprint density at radius 1 is 1.24 bits per heavy atom. The molecule has 1 fully saturated rings. The Morgan fingerprint density at radius 3 is 2.67 bits per heavy atom. The van der Waals surface area contributed by atoms with Gasteiger partial charge in [0.1, 0.15) is 5.82 Å². The lowest BCUT2D eigenvalue weighted by Gasteiger charge is -2.38. The number of carbonyl (C=O) groups excluding carboxylic acids is 2. The van der Waals surface area contributed by atoms with Gasteiger partial charge in [0.15, 0.2) is 0 Å². The molecule has 4 rings (SSSR count). The predicted molar refractivity (Wildman–Crippen MR) is 122 cm³/mol. The molecule has 2 amide bonds. The van der Waals surface area contributed by atoms with Crippen molar-refractivity contribution in [2.24, 2.45) is 11.8 Å². The number of aliphatic hydroxyl groups excluding tert-OH is 1. The van der Waals surface area contributed by atoms with E-state index in [-0.39, 0.29) is 30.2 Å². The molecule has 2 bridgehead atoms. The molecule has 174 valence electrons. The van der Waals surface area contributed by atoms with E-state index in [0.29, 0.717) is 17.8 Å². The first-order chi connectivity index (χ1) is 15.9. The lowest BCUT2D eigenvalue weighted by atomic mass is 9.86. The number of halogens is 1. The summed E-state index contributed by atoms with van der Waals surface area (Å²) in [4.78, 5) is 41.4. The van der Waals surface area contributed by atoms with Gasteiger partial charge in [-0.05, 0) is 37.6 Å². The van der Waals surface area contributed by atoms with E-state index in [1.54, 1.807) is 34.9 Å². The molecule has 2 N–H and O–H groups in total. The zero-order chi connectivity index (χ0) is 23.7. The fraction of sp³-hybridized carbons (Fsp3) is 0.400. The zero-order valence-corrected chi connectivity index (χ0v) is 18.7. The van der Waals surface area contributed by atoms with Crippen molar-refractivity contribution in [1.82, 2.24) is 14.8 Å². The van der Waals surface area contributed by atoms with Gasteiger partial charge in [-0.15, -0.1) is 0 Å². The van der Waals surface area contributed by atoms with Gasteiger partial charge in [0, 0.05) is 36.9 Å². The second kappa shape index (κ2) is 9.31. The van der Waals surface area contributed by atoms with E-state index in [0.717, 1.165) is 6.42 Å². The Kier molecular flexibility index (Phi) is 6.47. The van der Waals surface area contributed by atoms with Gasteiger partial charge >= 0.3 is 0 Å². The molecule has 0 spiro atoms. The second-order valence-corrected chi connectivity index (χ2v) is 8.50. The van der Waals surface area contributed by atoms with Crippen LogP contribution in [0.15, 0.2) is 47.3 Å². The van der Waals surface area contributed by atoms with E-state index in [1.165, 1.54) is 23.1 Å². The maximum absolute atomic E-state index is 14.5. The number of rotatable bonds is 6. The van der Waals surface area contributed by atoms with Gasteiger partial charge in [-0.1, -0.05) is 31.2 Å². The molecule has 1 saturated heterocycles. The second-order valence-electron chi connectivity index (χ2n) is 8.50. The summed E-state index contributed by atoms with van der Waals surface area (Å²) in [5.41, 5.74) is 0.703. The molecule has 1 aromatic heterocycles. The Balaban J connectivity index is 1.88. The van der Waals surface area contributed by atoms with Gasteiger partial charge in [-0.3, -0.25) is 14.4 Å². The van der Waals surface area contributed by atoms with Crippen LogP contribution >= 0.6 is 0 Å². The quantitative estimate of drug-likeness (QED) is 0.703. The Hall–Kier alpha value is -3.26. The summed E-state index contributed by atoms with van der Waals surface area (Å²) in [6.45, 7) is 4.00. The van der Waals surface area contributed by atoms with Crippen molar-refractivity contribution in [2.75, 3.05) is 13.2 Å². The van der Waals surface area contributed by atoms with Crippen LogP contribution in [0.3, 0.4) is 0 Å². The number of fused-ring (bicyclic) bond motifs is 4. The van der Waals surface area contributed by atoms with E-state index in [9.17, 15) is 23.9 Å². The molecule has 8 heteroatoms. The topological polar surface area (TPSA) is 91.6 Å². The summed E-state index contributed by atoms with van der Waals surface area (Å²) in [5, 5.41) is 13.2. The molecule has 0 radical (unpaired) electrons. The van der Waals surface area contributed by atoms with Crippen LogP contribution in [0.2, 0.25) is 0 Å². The number of pyridine rings is 1. The molecule has 2 aromatic rings. The van der Waals surface area contributed by atoms with Crippen molar-refractivity contribution in [3.8, 4) is 0 Å². The number of nitrogens with zero attached hydrogens (tertiary/aromatic N) is 2. The number of hydrogen-bond acceptors (Lipinski definition) is 4. The molecule has 0 unspecified atom stereocenters. The van der Waals surface area contributed by atoms with Crippen LogP contribution in [0, 0.1) is 17.7 Å². The van der Waals surface area contributed by atoms with Gasteiger partial charge in [0.25, 0.3) is 11.5 Å². The van der Waals surface area contributed by atoms with Crippen LogP contribution in [0.25, 0.3) is 6.08 Å². The van der Waals surface area contributed by atoms with Crippen LogP contribution in [0.1, 0.15) is 47.9 Å². The zero-order valence-electron chi connectivity index (χ0n) is 18.7. The van der Waals surface area contributed by atoms with E-state index in [4.69, 9.17) is 0 Å². The maximum Gasteiger partial charge on any atom is 0.258 e. The number of aliphatic hydroxyl groups is 1. The first-order valence-electron chi connectivity index (χ1n) is 11.3. The lowest BCUT2D eigenvalue weighted by Crippen LogP contribution is -2.49. The highest BCUT2D eigenvalue weighted by molar-refractivity contribution is 5.96. The Labute approximate surface area is 191 Å². The van der Waals surface area contributed by atoms with E-state index in [1.807, 2.05) is 13.8 Å². The van der Waals surface area contributed by atoms with Crippen molar-refractivity contribution in [3.05, 3.63) is 75.5 Å². The highest BCUT2D eigenvalue weighted by Gasteiger charge is 2.57. The summed E-state index contributed by atoms with van der Waals surface area (Å²) in [6.07, 6.45) is 4.22. The molecule has 0 aliphatic carbocycles. The molecule has 33 heavy (non-hydrogen) atoms. The van der Waals surface area contributed by atoms with Crippen LogP contribution in [-0.2, 0) is 11.3 Å². The standard InChI is InChI=1S/C25H28FN3O4/c1-3-7-15-10-11-19-22-21(23(31)27-12-4-2)17(14-30)20(13-28(19)24(15)32)29(22)25(33)16-8-5-6-9-18(16)26/h3,5-11,17,20-22,30H,4,12-14H2,1-2H3,(H,27,31)/b7-3+/t17-,20-,21+,22+/m0/s1. The van der Waals surface area contributed by atoms with Crippen LogP contribution < -0.4 is 10.9 Å². The minimum atomic E-state index is -0.794. The van der Waals surface area contributed by atoms with E-state index < -0.39 is 35.6 Å². The highest BCUT2D eigenvalue weighted by atomic mass is 19.1. The first kappa shape index (κ1) is 22.9. The SMILES string of the molecule is C/C=C/c1ccc2n(c1=O)C[C@H]1[C@H](CO)[C@@H](C(=O)NCCC)[C@@H]2N1C(=O)c1ccccc1F. The van der Waals surface area contributed by atoms with E-state index in [2.05, 4.69) is 5.32 Å². The van der Waals surface area contributed by atoms with Gasteiger partial charge in [-0.2, -0.15) is 0 Å². The summed E-state index contributed by atoms with van der Waals surface area (Å²) < 4.78 is 16.1. The Bertz CT molecular complexity index is 1160. The third kappa shape index (κ3) is 3.78. The number of allylic oxidation sites excluding steroid dienone is 1. The fourth-order valence-electron chi connectivity index (χ4n) is 5.15. The fourth-order valence-corrected chi connectivity index (χ4v) is 5.15. The van der Waals surface area contributed by atoms with Crippen molar-refractivity contribution in [3.63, 3.8) is 0 Å². The number of aromatic nitrogens is 1. The van der Waals surface area contributed by atoms with Gasteiger partial charge < -0.3 is 19.9 Å². The predicted octanol–water partition coefficient (Wildman–Crippen LogP) is 2.35. The van der Waals surface area contributed by atoms with Gasteiger partial charge in [-0.25, -0.2) is 4.39 Å². The summed E-state index contributed by atoms with van der Waals surface area (Å²) in [5.74, 6) is -2.84. The summed E-state index contributed by atoms with van der Waals surface area (Å²) in [7, 11) is 0. The van der Waals surface area contributed by atoms with Crippen molar-refractivity contribution < 1.29 is 19.1 Å². The largest absolute Gasteiger partial charge is 0.396 e. The lowest BCUT2D eigenvalue weighted by molar-refractivity contribution is -0.127. The molecule has 4 atom stereocenters. The van der Waals surface area contributed by atoms with Crippen molar-refractivity contribution in [2.45, 2.75) is 38.9 Å². The number of hydrogen-bond donors (Lipinski definition) is 2. The maximum atomic E-state index is 14.5. The molecule has 7 nitrogen and oxygen atoms in total. The molecule has 3 heterocycles. The van der Waals surface area contributed by atoms with Crippen molar-refractivity contribution in [1.29, 1.82) is 0 Å². The number of amides is 2. The van der Waals surface area contributed by atoms with Crippen LogP contribution in [0.4, 0.5) is 4.39 Å². The molecule has 2 aliphatic rings. The number of nitrogens with one attached hydrogen (secondary N) is 1. The smallest absolute Gasteiger partial charge is 0.258 e. The third-order valence-electron chi connectivity index (χ3n) is 6.61. The normalized spacial score (nSPS) is 23.6. The highest BCUT2D eigenvalue weighted by Crippen LogP contribution is 2.49. The molecule has 1 aromatic carbocycles. The summed E-state index contributed by atoms with van der Waals surface area (Å²) in [6, 6.07) is 7.72. The number of carbonyl (C=O) groups is 2. The average Bonchev–Trinajstić information content (AvgIpc) is 3.06. The summed E-state index contributed by atoms with van der Waals surface area (Å²) >= 11 is 0. The van der Waals surface area contributed by atoms with Crippen LogP contribution in [0.5, 0.6) is 0 Å². The average molecular weight is 454 g/mol. The minimum Gasteiger partial charge on any atom is -0.396 e. The molecular formula is C25H28FN3O4. The molecular weight excluding hydrogens is 425 g/mol.